The fourth-order valence-corrected chi connectivity index (χ4v) is 10.4. The maximum Gasteiger partial charge on any atom is 0.314 e. The molecule has 0 N–H and O–H groups in total. The molecule has 0 aromatic heterocycles. The molecule has 0 aromatic rings. The zero-order valence-electron chi connectivity index (χ0n) is 23.9. The Labute approximate surface area is 218 Å². The van der Waals surface area contributed by atoms with Gasteiger partial charge in [-0.15, -0.1) is 0 Å². The van der Waals surface area contributed by atoms with Gasteiger partial charge in [0.25, 0.3) is 0 Å². The van der Waals surface area contributed by atoms with Crippen LogP contribution < -0.4 is 0 Å². The predicted octanol–water partition coefficient (Wildman–Crippen LogP) is 7.06. The zero-order chi connectivity index (χ0) is 26.1. The monoisotopic (exact) mass is 502 g/mol. The van der Waals surface area contributed by atoms with Gasteiger partial charge >= 0.3 is 11.9 Å². The van der Waals surface area contributed by atoms with Crippen LogP contribution in [0.15, 0.2) is 0 Å². The van der Waals surface area contributed by atoms with E-state index in [-0.39, 0.29) is 35.3 Å². The highest BCUT2D eigenvalue weighted by molar-refractivity contribution is 5.77. The van der Waals surface area contributed by atoms with Gasteiger partial charge in [-0.05, 0) is 105 Å². The molecule has 4 aliphatic carbocycles. The number of fused-ring (bicyclic) bond motifs is 3. The van der Waals surface area contributed by atoms with Crippen molar-refractivity contribution in [2.24, 2.45) is 45.3 Å². The first kappa shape index (κ1) is 26.5. The standard InChI is InChI=1S/C31H50O5/c1-8-22-19(2)20(3)25(34-21(4)32)26(35-22)36-27(33)30(7)13-9-12-29(6)23(30)11-15-31-17-16-28(5,18-31)14-10-24(29)31/h19-20,22-26H,8-18H2,1-7H3/t19?,20?,22?,23?,24?,25?,26?,28-,29-,30-,31+/m1/s1. The molecular weight excluding hydrogens is 452 g/mol. The largest absolute Gasteiger partial charge is 0.456 e. The number of esters is 2. The molecule has 1 saturated heterocycles. The molecule has 5 heteroatoms. The van der Waals surface area contributed by atoms with E-state index >= 15 is 0 Å². The number of carbonyl (C=O) groups is 2. The molecule has 0 aromatic carbocycles. The second-order valence-electron chi connectivity index (χ2n) is 14.5. The molecule has 1 aliphatic heterocycles. The SMILES string of the molecule is CCC1OC(OC(=O)[C@]2(C)CCC[C@@]3(C)C4CC[C@]5(C)CC[C@@]4(CCC32)C5)C(OC(C)=O)C(C)C1C. The Bertz CT molecular complexity index is 886. The fraction of sp³-hybridized carbons (Fsp3) is 0.935. The molecule has 204 valence electrons. The normalized spacial score (nSPS) is 52.1. The Morgan fingerprint density at radius 1 is 0.889 bits per heavy atom. The van der Waals surface area contributed by atoms with Crippen LogP contribution in [0.25, 0.3) is 0 Å². The van der Waals surface area contributed by atoms with E-state index in [0.717, 1.165) is 31.6 Å². The van der Waals surface area contributed by atoms with Crippen molar-refractivity contribution in [2.75, 3.05) is 0 Å². The molecule has 5 rings (SSSR count). The van der Waals surface area contributed by atoms with Crippen LogP contribution in [-0.2, 0) is 23.8 Å². The van der Waals surface area contributed by atoms with E-state index in [2.05, 4.69) is 41.5 Å². The summed E-state index contributed by atoms with van der Waals surface area (Å²) in [5.41, 5.74) is 0.704. The number of carbonyl (C=O) groups excluding carboxylic acids is 2. The van der Waals surface area contributed by atoms with Gasteiger partial charge in [0, 0.05) is 12.8 Å². The Morgan fingerprint density at radius 3 is 2.31 bits per heavy atom. The van der Waals surface area contributed by atoms with Crippen LogP contribution in [0.3, 0.4) is 0 Å². The van der Waals surface area contributed by atoms with E-state index in [4.69, 9.17) is 14.2 Å². The summed E-state index contributed by atoms with van der Waals surface area (Å²) in [6.07, 6.45) is 11.8. The molecule has 2 bridgehead atoms. The lowest BCUT2D eigenvalue weighted by Crippen LogP contribution is -2.60. The summed E-state index contributed by atoms with van der Waals surface area (Å²) >= 11 is 0. The van der Waals surface area contributed by atoms with E-state index in [1.165, 1.54) is 51.9 Å². The van der Waals surface area contributed by atoms with Gasteiger partial charge in [0.1, 0.15) is 0 Å². The topological polar surface area (TPSA) is 61.8 Å². The summed E-state index contributed by atoms with van der Waals surface area (Å²) < 4.78 is 18.3. The average molecular weight is 503 g/mol. The summed E-state index contributed by atoms with van der Waals surface area (Å²) in [7, 11) is 0. The van der Waals surface area contributed by atoms with Crippen LogP contribution in [0.4, 0.5) is 0 Å². The number of rotatable bonds is 4. The molecular formula is C31H50O5. The third kappa shape index (κ3) is 3.96. The number of hydrogen-bond donors (Lipinski definition) is 0. The molecule has 0 amide bonds. The highest BCUT2D eigenvalue weighted by atomic mass is 16.7. The maximum absolute atomic E-state index is 14.1. The summed E-state index contributed by atoms with van der Waals surface area (Å²) in [4.78, 5) is 26.1. The molecule has 4 saturated carbocycles. The van der Waals surface area contributed by atoms with Gasteiger partial charge in [-0.25, -0.2) is 0 Å². The number of ether oxygens (including phenoxy) is 3. The van der Waals surface area contributed by atoms with Gasteiger partial charge in [0.05, 0.1) is 11.5 Å². The predicted molar refractivity (Wildman–Crippen MR) is 139 cm³/mol. The van der Waals surface area contributed by atoms with Crippen LogP contribution >= 0.6 is 0 Å². The Hall–Kier alpha value is -1.10. The van der Waals surface area contributed by atoms with Gasteiger partial charge in [0.15, 0.2) is 6.10 Å². The lowest BCUT2D eigenvalue weighted by atomic mass is 9.40. The van der Waals surface area contributed by atoms with Crippen LogP contribution in [0.2, 0.25) is 0 Å². The minimum atomic E-state index is -0.831. The first-order valence-electron chi connectivity index (χ1n) is 14.9. The van der Waals surface area contributed by atoms with Crippen LogP contribution in [0.5, 0.6) is 0 Å². The summed E-state index contributed by atoms with van der Waals surface area (Å²) in [5, 5.41) is 0. The second kappa shape index (κ2) is 8.99. The quantitative estimate of drug-likeness (QED) is 0.385. The van der Waals surface area contributed by atoms with Crippen LogP contribution in [0, 0.1) is 45.3 Å². The lowest BCUT2D eigenvalue weighted by molar-refractivity contribution is -0.275. The van der Waals surface area contributed by atoms with Crippen LogP contribution in [0.1, 0.15) is 119 Å². The Morgan fingerprint density at radius 2 is 1.61 bits per heavy atom. The smallest absolute Gasteiger partial charge is 0.314 e. The van der Waals surface area contributed by atoms with Crippen molar-refractivity contribution in [2.45, 2.75) is 138 Å². The molecule has 7 unspecified atom stereocenters. The van der Waals surface area contributed by atoms with Crippen molar-refractivity contribution in [3.63, 3.8) is 0 Å². The first-order valence-corrected chi connectivity index (χ1v) is 14.9. The van der Waals surface area contributed by atoms with E-state index in [1.54, 1.807) is 0 Å². The molecule has 0 radical (unpaired) electrons. The zero-order valence-corrected chi connectivity index (χ0v) is 23.9. The second-order valence-corrected chi connectivity index (χ2v) is 14.5. The minimum absolute atomic E-state index is 0.0116. The van der Waals surface area contributed by atoms with E-state index < -0.39 is 17.8 Å². The van der Waals surface area contributed by atoms with E-state index in [0.29, 0.717) is 16.7 Å². The van der Waals surface area contributed by atoms with Crippen molar-refractivity contribution in [1.82, 2.24) is 0 Å². The summed E-state index contributed by atoms with van der Waals surface area (Å²) in [5.74, 6) is 0.843. The lowest BCUT2D eigenvalue weighted by Gasteiger charge is -2.64. The number of hydrogen-bond acceptors (Lipinski definition) is 5. The molecule has 11 atom stereocenters. The van der Waals surface area contributed by atoms with Gasteiger partial charge < -0.3 is 14.2 Å². The molecule has 36 heavy (non-hydrogen) atoms. The highest BCUT2D eigenvalue weighted by Gasteiger charge is 2.66. The minimum Gasteiger partial charge on any atom is -0.456 e. The molecule has 5 aliphatic rings. The van der Waals surface area contributed by atoms with Gasteiger partial charge in [0.2, 0.25) is 6.29 Å². The van der Waals surface area contributed by atoms with Crippen molar-refractivity contribution in [1.29, 1.82) is 0 Å². The van der Waals surface area contributed by atoms with Crippen molar-refractivity contribution in [3.8, 4) is 0 Å². The Kier molecular flexibility index (Phi) is 6.62. The molecule has 5 nitrogen and oxygen atoms in total. The summed E-state index contributed by atoms with van der Waals surface area (Å²) in [6, 6.07) is 0. The Balaban J connectivity index is 1.39. The van der Waals surface area contributed by atoms with Gasteiger partial charge in [-0.1, -0.05) is 41.0 Å². The van der Waals surface area contributed by atoms with Crippen molar-refractivity contribution >= 4 is 11.9 Å². The molecule has 5 fully saturated rings. The van der Waals surface area contributed by atoms with E-state index in [1.807, 2.05) is 0 Å². The van der Waals surface area contributed by atoms with E-state index in [9.17, 15) is 9.59 Å². The molecule has 1 spiro atoms. The third-order valence-electron chi connectivity index (χ3n) is 12.4. The first-order chi connectivity index (χ1) is 16.9. The van der Waals surface area contributed by atoms with Gasteiger partial charge in [-0.2, -0.15) is 0 Å². The third-order valence-corrected chi connectivity index (χ3v) is 12.4. The van der Waals surface area contributed by atoms with Crippen molar-refractivity contribution in [3.05, 3.63) is 0 Å². The summed E-state index contributed by atoms with van der Waals surface area (Å²) in [6.45, 7) is 15.0. The van der Waals surface area contributed by atoms with Crippen LogP contribution in [-0.4, -0.2) is 30.4 Å². The van der Waals surface area contributed by atoms with Crippen molar-refractivity contribution < 1.29 is 23.8 Å². The average Bonchev–Trinajstić information content (AvgIpc) is 3.06. The van der Waals surface area contributed by atoms with Gasteiger partial charge in [-0.3, -0.25) is 9.59 Å². The fourth-order valence-electron chi connectivity index (χ4n) is 10.4. The molecule has 1 heterocycles. The maximum atomic E-state index is 14.1. The highest BCUT2D eigenvalue weighted by Crippen LogP contribution is 2.73.